The van der Waals surface area contributed by atoms with Crippen molar-refractivity contribution in [3.8, 4) is 11.6 Å². The Morgan fingerprint density at radius 3 is 2.57 bits per heavy atom. The Morgan fingerprint density at radius 2 is 1.96 bits per heavy atom. The lowest BCUT2D eigenvalue weighted by atomic mass is 10.1. The van der Waals surface area contributed by atoms with Gasteiger partial charge in [-0.05, 0) is 49.2 Å². The summed E-state index contributed by atoms with van der Waals surface area (Å²) in [6, 6.07) is 10.9. The number of hydrogen-bond donors (Lipinski definition) is 0. The maximum atomic E-state index is 12.8. The highest BCUT2D eigenvalue weighted by Crippen LogP contribution is 2.25. The molecule has 0 bridgehead atoms. The minimum absolute atomic E-state index is 0.0542. The molecule has 0 N–H and O–H groups in total. The number of aromatic nitrogens is 1. The lowest BCUT2D eigenvalue weighted by Crippen LogP contribution is -2.34. The van der Waals surface area contributed by atoms with E-state index in [9.17, 15) is 4.79 Å². The quantitative estimate of drug-likeness (QED) is 0.729. The van der Waals surface area contributed by atoms with Gasteiger partial charge in [0.15, 0.2) is 0 Å². The topological polar surface area (TPSA) is 42.4 Å². The Morgan fingerprint density at radius 1 is 1.26 bits per heavy atom. The van der Waals surface area contributed by atoms with Crippen molar-refractivity contribution in [3.05, 3.63) is 52.6 Å². The third-order valence-corrected chi connectivity index (χ3v) is 3.81. The molecule has 0 saturated carbocycles. The molecule has 122 valence electrons. The minimum atomic E-state index is -0.0542. The van der Waals surface area contributed by atoms with Gasteiger partial charge in [0.1, 0.15) is 11.3 Å². The standard InChI is InChI=1S/C18H21BrN2O2/c1-4-21(12-13(2)3)18(22)16-6-5-11-20-17(16)23-15-9-7-14(19)8-10-15/h5-11,13H,4,12H2,1-3H3. The monoisotopic (exact) mass is 376 g/mol. The molecule has 0 unspecified atom stereocenters. The predicted molar refractivity (Wildman–Crippen MR) is 94.9 cm³/mol. The van der Waals surface area contributed by atoms with Crippen LogP contribution in [0.4, 0.5) is 0 Å². The van der Waals surface area contributed by atoms with E-state index in [4.69, 9.17) is 4.74 Å². The van der Waals surface area contributed by atoms with Gasteiger partial charge >= 0.3 is 0 Å². The number of pyridine rings is 1. The van der Waals surface area contributed by atoms with Crippen LogP contribution >= 0.6 is 15.9 Å². The van der Waals surface area contributed by atoms with Crippen LogP contribution in [0.25, 0.3) is 0 Å². The summed E-state index contributed by atoms with van der Waals surface area (Å²) in [5.74, 6) is 1.34. The van der Waals surface area contributed by atoms with Gasteiger partial charge in [-0.25, -0.2) is 4.98 Å². The first kappa shape index (κ1) is 17.5. The summed E-state index contributed by atoms with van der Waals surface area (Å²) >= 11 is 3.39. The second-order valence-electron chi connectivity index (χ2n) is 5.65. The van der Waals surface area contributed by atoms with Crippen molar-refractivity contribution in [1.29, 1.82) is 0 Å². The minimum Gasteiger partial charge on any atom is -0.438 e. The molecule has 5 heteroatoms. The molecule has 23 heavy (non-hydrogen) atoms. The Hall–Kier alpha value is -1.88. The number of halogens is 1. The van der Waals surface area contributed by atoms with Gasteiger partial charge in [0, 0.05) is 23.8 Å². The zero-order chi connectivity index (χ0) is 16.8. The smallest absolute Gasteiger partial charge is 0.259 e. The van der Waals surface area contributed by atoms with E-state index in [1.54, 1.807) is 18.3 Å². The summed E-state index contributed by atoms with van der Waals surface area (Å²) in [7, 11) is 0. The molecule has 1 amide bonds. The molecule has 0 atom stereocenters. The second-order valence-corrected chi connectivity index (χ2v) is 6.57. The molecule has 0 spiro atoms. The molecule has 0 saturated heterocycles. The molecule has 0 radical (unpaired) electrons. The number of hydrogen-bond acceptors (Lipinski definition) is 3. The van der Waals surface area contributed by atoms with Gasteiger partial charge in [-0.15, -0.1) is 0 Å². The van der Waals surface area contributed by atoms with Crippen LogP contribution in [0.2, 0.25) is 0 Å². The summed E-state index contributed by atoms with van der Waals surface area (Å²) in [5, 5.41) is 0. The number of nitrogens with zero attached hydrogens (tertiary/aromatic N) is 2. The fraction of sp³-hybridized carbons (Fsp3) is 0.333. The van der Waals surface area contributed by atoms with Gasteiger partial charge in [0.05, 0.1) is 0 Å². The second kappa shape index (κ2) is 8.11. The van der Waals surface area contributed by atoms with Crippen LogP contribution in [-0.4, -0.2) is 28.9 Å². The zero-order valence-electron chi connectivity index (χ0n) is 13.6. The molecular weight excluding hydrogens is 356 g/mol. The number of ether oxygens (including phenoxy) is 1. The van der Waals surface area contributed by atoms with Crippen molar-refractivity contribution in [2.24, 2.45) is 5.92 Å². The molecule has 0 aliphatic rings. The third kappa shape index (κ3) is 4.79. The van der Waals surface area contributed by atoms with Crippen molar-refractivity contribution in [1.82, 2.24) is 9.88 Å². The first-order valence-electron chi connectivity index (χ1n) is 7.69. The third-order valence-electron chi connectivity index (χ3n) is 3.28. The van der Waals surface area contributed by atoms with E-state index in [0.717, 1.165) is 4.47 Å². The van der Waals surface area contributed by atoms with E-state index in [1.165, 1.54) is 0 Å². The fourth-order valence-electron chi connectivity index (χ4n) is 2.22. The summed E-state index contributed by atoms with van der Waals surface area (Å²) in [5.41, 5.74) is 0.484. The van der Waals surface area contributed by atoms with Gasteiger partial charge in [0.2, 0.25) is 5.88 Å². The molecule has 0 aliphatic heterocycles. The number of rotatable bonds is 6. The van der Waals surface area contributed by atoms with Gasteiger partial charge in [0.25, 0.3) is 5.91 Å². The maximum absolute atomic E-state index is 12.8. The van der Waals surface area contributed by atoms with Crippen molar-refractivity contribution in [2.75, 3.05) is 13.1 Å². The van der Waals surface area contributed by atoms with E-state index < -0.39 is 0 Å². The molecule has 2 rings (SSSR count). The van der Waals surface area contributed by atoms with E-state index in [2.05, 4.69) is 34.8 Å². The molecule has 2 aromatic rings. The first-order chi connectivity index (χ1) is 11.0. The lowest BCUT2D eigenvalue weighted by molar-refractivity contribution is 0.0742. The van der Waals surface area contributed by atoms with Gasteiger partial charge in [-0.3, -0.25) is 4.79 Å². The van der Waals surface area contributed by atoms with Crippen molar-refractivity contribution in [2.45, 2.75) is 20.8 Å². The number of amides is 1. The average Bonchev–Trinajstić information content (AvgIpc) is 2.54. The van der Waals surface area contributed by atoms with E-state index in [-0.39, 0.29) is 5.91 Å². The van der Waals surface area contributed by atoms with Crippen molar-refractivity contribution >= 4 is 21.8 Å². The largest absolute Gasteiger partial charge is 0.438 e. The summed E-state index contributed by atoms with van der Waals surface area (Å²) in [6.45, 7) is 7.54. The molecule has 1 aromatic carbocycles. The molecule has 1 heterocycles. The number of carbonyl (C=O) groups is 1. The normalized spacial score (nSPS) is 10.7. The molecule has 0 fully saturated rings. The van der Waals surface area contributed by atoms with Gasteiger partial charge in [-0.2, -0.15) is 0 Å². The Balaban J connectivity index is 2.25. The van der Waals surface area contributed by atoms with Crippen LogP contribution in [0.15, 0.2) is 47.1 Å². The van der Waals surface area contributed by atoms with Crippen LogP contribution in [0, 0.1) is 5.92 Å². The molecule has 4 nitrogen and oxygen atoms in total. The van der Waals surface area contributed by atoms with Crippen LogP contribution < -0.4 is 4.74 Å². The van der Waals surface area contributed by atoms with Crippen LogP contribution in [-0.2, 0) is 0 Å². The van der Waals surface area contributed by atoms with Crippen LogP contribution in [0.3, 0.4) is 0 Å². The molecular formula is C18H21BrN2O2. The predicted octanol–water partition coefficient (Wildman–Crippen LogP) is 4.75. The zero-order valence-corrected chi connectivity index (χ0v) is 15.2. The average molecular weight is 377 g/mol. The first-order valence-corrected chi connectivity index (χ1v) is 8.48. The Bertz CT molecular complexity index is 656. The summed E-state index contributed by atoms with van der Waals surface area (Å²) < 4.78 is 6.77. The van der Waals surface area contributed by atoms with Gasteiger partial charge in [-0.1, -0.05) is 29.8 Å². The van der Waals surface area contributed by atoms with E-state index in [0.29, 0.717) is 36.2 Å². The SMILES string of the molecule is CCN(CC(C)C)C(=O)c1cccnc1Oc1ccc(Br)cc1. The highest BCUT2D eigenvalue weighted by atomic mass is 79.9. The fourth-order valence-corrected chi connectivity index (χ4v) is 2.48. The van der Waals surface area contributed by atoms with E-state index >= 15 is 0 Å². The van der Waals surface area contributed by atoms with Crippen LogP contribution in [0.5, 0.6) is 11.6 Å². The Kier molecular flexibility index (Phi) is 6.16. The van der Waals surface area contributed by atoms with Crippen LogP contribution in [0.1, 0.15) is 31.1 Å². The lowest BCUT2D eigenvalue weighted by Gasteiger charge is -2.23. The maximum Gasteiger partial charge on any atom is 0.259 e. The molecule has 0 aliphatic carbocycles. The summed E-state index contributed by atoms with van der Waals surface area (Å²) in [4.78, 5) is 18.8. The summed E-state index contributed by atoms with van der Waals surface area (Å²) in [6.07, 6.45) is 1.63. The van der Waals surface area contributed by atoms with Crippen molar-refractivity contribution < 1.29 is 9.53 Å². The highest BCUT2D eigenvalue weighted by molar-refractivity contribution is 9.10. The number of benzene rings is 1. The van der Waals surface area contributed by atoms with E-state index in [1.807, 2.05) is 36.1 Å². The van der Waals surface area contributed by atoms with Gasteiger partial charge < -0.3 is 9.64 Å². The Labute approximate surface area is 145 Å². The van der Waals surface area contributed by atoms with Crippen molar-refractivity contribution in [3.63, 3.8) is 0 Å². The number of carbonyl (C=O) groups excluding carboxylic acids is 1. The highest BCUT2D eigenvalue weighted by Gasteiger charge is 2.20. The molecule has 1 aromatic heterocycles.